The summed E-state index contributed by atoms with van der Waals surface area (Å²) in [7, 11) is 1.77. The highest BCUT2D eigenvalue weighted by molar-refractivity contribution is 14.0. The smallest absolute Gasteiger partial charge is 0.291 e. The van der Waals surface area contributed by atoms with Crippen LogP contribution in [-0.4, -0.2) is 25.5 Å². The van der Waals surface area contributed by atoms with Crippen molar-refractivity contribution in [1.82, 2.24) is 10.6 Å². The van der Waals surface area contributed by atoms with E-state index in [-0.39, 0.29) is 29.9 Å². The second-order valence-corrected chi connectivity index (χ2v) is 5.88. The van der Waals surface area contributed by atoms with Crippen LogP contribution >= 0.6 is 24.0 Å². The van der Waals surface area contributed by atoms with E-state index in [2.05, 4.69) is 20.9 Å². The molecule has 6 nitrogen and oxygen atoms in total. The quantitative estimate of drug-likeness (QED) is 0.356. The van der Waals surface area contributed by atoms with Crippen molar-refractivity contribution < 1.29 is 9.21 Å². The summed E-state index contributed by atoms with van der Waals surface area (Å²) in [5.74, 6) is 1.63. The first-order chi connectivity index (χ1) is 11.7. The van der Waals surface area contributed by atoms with Crippen LogP contribution in [0.15, 0.2) is 52.1 Å². The van der Waals surface area contributed by atoms with E-state index in [1.54, 1.807) is 19.2 Å². The second kappa shape index (κ2) is 9.45. The number of rotatable bonds is 6. The third kappa shape index (κ3) is 6.08. The molecule has 1 amide bonds. The largest absolute Gasteiger partial charge is 0.459 e. The fourth-order valence-electron chi connectivity index (χ4n) is 2.33. The molecule has 1 heterocycles. The van der Waals surface area contributed by atoms with Crippen molar-refractivity contribution in [3.05, 3.63) is 54.0 Å². The number of carbonyl (C=O) groups is 1. The van der Waals surface area contributed by atoms with Gasteiger partial charge in [-0.25, -0.2) is 0 Å². The van der Waals surface area contributed by atoms with Crippen LogP contribution in [0.25, 0.3) is 0 Å². The molecule has 0 saturated heterocycles. The Morgan fingerprint density at radius 1 is 1.24 bits per heavy atom. The lowest BCUT2D eigenvalue weighted by Gasteiger charge is -2.12. The average molecular weight is 454 g/mol. The number of aliphatic imine (C=N–C) groups is 1. The summed E-state index contributed by atoms with van der Waals surface area (Å²) in [6.45, 7) is 1.60. The molecule has 0 bridgehead atoms. The number of hydrogen-bond donors (Lipinski definition) is 3. The van der Waals surface area contributed by atoms with Crippen LogP contribution in [0.3, 0.4) is 0 Å². The Hall–Kier alpha value is -2.03. The Labute approximate surface area is 164 Å². The molecule has 0 spiro atoms. The van der Waals surface area contributed by atoms with Gasteiger partial charge in [-0.1, -0.05) is 12.1 Å². The highest BCUT2D eigenvalue weighted by atomic mass is 127. The lowest BCUT2D eigenvalue weighted by molar-refractivity contribution is 0.0996. The number of furan rings is 1. The van der Waals surface area contributed by atoms with Gasteiger partial charge in [-0.15, -0.1) is 24.0 Å². The minimum absolute atomic E-state index is 0. The van der Waals surface area contributed by atoms with E-state index in [1.165, 1.54) is 19.1 Å². The van der Waals surface area contributed by atoms with Crippen molar-refractivity contribution in [2.24, 2.45) is 10.9 Å². The summed E-state index contributed by atoms with van der Waals surface area (Å²) >= 11 is 0. The minimum Gasteiger partial charge on any atom is -0.459 e. The summed E-state index contributed by atoms with van der Waals surface area (Å²) in [5, 5.41) is 9.44. The number of halogens is 1. The van der Waals surface area contributed by atoms with E-state index in [0.717, 1.165) is 29.7 Å². The van der Waals surface area contributed by atoms with Gasteiger partial charge in [0.15, 0.2) is 11.7 Å². The van der Waals surface area contributed by atoms with Gasteiger partial charge in [0.05, 0.1) is 6.26 Å². The lowest BCUT2D eigenvalue weighted by atomic mass is 10.2. The Morgan fingerprint density at radius 3 is 2.76 bits per heavy atom. The fraction of sp³-hybridized carbons (Fsp3) is 0.333. The van der Waals surface area contributed by atoms with Crippen molar-refractivity contribution in [1.29, 1.82) is 0 Å². The van der Waals surface area contributed by atoms with Crippen LogP contribution in [-0.2, 0) is 6.54 Å². The summed E-state index contributed by atoms with van der Waals surface area (Å²) in [5.41, 5.74) is 1.79. The van der Waals surface area contributed by atoms with E-state index < -0.39 is 0 Å². The van der Waals surface area contributed by atoms with Crippen molar-refractivity contribution in [3.8, 4) is 0 Å². The molecular formula is C18H23IN4O2. The number of carbonyl (C=O) groups excluding carboxylic acids is 1. The molecule has 3 N–H and O–H groups in total. The molecule has 25 heavy (non-hydrogen) atoms. The summed E-state index contributed by atoms with van der Waals surface area (Å²) < 4.78 is 5.09. The zero-order chi connectivity index (χ0) is 16.8. The molecule has 134 valence electrons. The maximum Gasteiger partial charge on any atom is 0.291 e. The van der Waals surface area contributed by atoms with Gasteiger partial charge in [0.25, 0.3) is 5.91 Å². The minimum atomic E-state index is -0.257. The van der Waals surface area contributed by atoms with Crippen molar-refractivity contribution in [2.75, 3.05) is 18.9 Å². The molecule has 0 unspecified atom stereocenters. The topological polar surface area (TPSA) is 78.7 Å². The third-order valence-corrected chi connectivity index (χ3v) is 3.87. The van der Waals surface area contributed by atoms with Gasteiger partial charge in [-0.3, -0.25) is 9.79 Å². The third-order valence-electron chi connectivity index (χ3n) is 3.87. The number of benzene rings is 1. The predicted molar refractivity (Wildman–Crippen MR) is 109 cm³/mol. The Kier molecular flexibility index (Phi) is 7.30. The van der Waals surface area contributed by atoms with Gasteiger partial charge in [-0.05, 0) is 48.6 Å². The van der Waals surface area contributed by atoms with Crippen LogP contribution < -0.4 is 16.0 Å². The van der Waals surface area contributed by atoms with E-state index in [9.17, 15) is 4.79 Å². The zero-order valence-electron chi connectivity index (χ0n) is 14.1. The van der Waals surface area contributed by atoms with Crippen molar-refractivity contribution in [2.45, 2.75) is 19.4 Å². The normalized spacial score (nSPS) is 13.7. The van der Waals surface area contributed by atoms with Crippen LogP contribution in [0.1, 0.15) is 29.0 Å². The SMILES string of the molecule is CN=C(NCc1cccc(NC(=O)c2ccco2)c1)NCC1CC1.I. The molecule has 1 aromatic carbocycles. The van der Waals surface area contributed by atoms with Gasteiger partial charge >= 0.3 is 0 Å². The van der Waals surface area contributed by atoms with Crippen molar-refractivity contribution in [3.63, 3.8) is 0 Å². The number of guanidine groups is 1. The molecule has 1 fully saturated rings. The number of nitrogens with one attached hydrogen (secondary N) is 3. The molecule has 2 aromatic rings. The lowest BCUT2D eigenvalue weighted by Crippen LogP contribution is -2.37. The Bertz CT molecular complexity index is 712. The first-order valence-electron chi connectivity index (χ1n) is 8.13. The van der Waals surface area contributed by atoms with Gasteiger partial charge in [-0.2, -0.15) is 0 Å². The molecule has 1 aromatic heterocycles. The highest BCUT2D eigenvalue weighted by Gasteiger charge is 2.21. The number of nitrogens with zero attached hydrogens (tertiary/aromatic N) is 1. The van der Waals surface area contributed by atoms with Crippen LogP contribution in [0.2, 0.25) is 0 Å². The molecule has 0 radical (unpaired) electrons. The Balaban J connectivity index is 0.00000225. The molecule has 1 aliphatic carbocycles. The number of amides is 1. The molecular weight excluding hydrogens is 431 g/mol. The van der Waals surface area contributed by atoms with Crippen molar-refractivity contribution >= 4 is 41.5 Å². The molecule has 1 aliphatic rings. The molecule has 0 aliphatic heterocycles. The molecule has 3 rings (SSSR count). The summed E-state index contributed by atoms with van der Waals surface area (Å²) in [4.78, 5) is 16.2. The van der Waals surface area contributed by atoms with Crippen LogP contribution in [0.4, 0.5) is 5.69 Å². The zero-order valence-corrected chi connectivity index (χ0v) is 16.4. The van der Waals surface area contributed by atoms with Gasteiger partial charge in [0.2, 0.25) is 0 Å². The van der Waals surface area contributed by atoms with Crippen LogP contribution in [0, 0.1) is 5.92 Å². The molecule has 1 saturated carbocycles. The first kappa shape index (κ1) is 19.3. The predicted octanol–water partition coefficient (Wildman–Crippen LogP) is 3.22. The number of anilines is 1. The first-order valence-corrected chi connectivity index (χ1v) is 8.13. The summed E-state index contributed by atoms with van der Waals surface area (Å²) in [6, 6.07) is 11.0. The average Bonchev–Trinajstić information content (AvgIpc) is 3.25. The Morgan fingerprint density at radius 2 is 2.08 bits per heavy atom. The second-order valence-electron chi connectivity index (χ2n) is 5.88. The monoisotopic (exact) mass is 454 g/mol. The fourth-order valence-corrected chi connectivity index (χ4v) is 2.33. The highest BCUT2D eigenvalue weighted by Crippen LogP contribution is 2.27. The molecule has 0 atom stereocenters. The van der Waals surface area contributed by atoms with E-state index in [4.69, 9.17) is 4.42 Å². The maximum atomic E-state index is 12.0. The molecule has 7 heteroatoms. The van der Waals surface area contributed by atoms with Crippen LogP contribution in [0.5, 0.6) is 0 Å². The standard InChI is InChI=1S/C18H22N4O2.HI/c1-19-18(20-11-13-7-8-13)21-12-14-4-2-5-15(10-14)22-17(23)16-6-3-9-24-16;/h2-6,9-10,13H,7-8,11-12H2,1H3,(H,22,23)(H2,19,20,21);1H. The van der Waals surface area contributed by atoms with E-state index in [0.29, 0.717) is 12.3 Å². The van der Waals surface area contributed by atoms with Gasteiger partial charge in [0, 0.05) is 25.8 Å². The van der Waals surface area contributed by atoms with E-state index >= 15 is 0 Å². The summed E-state index contributed by atoms with van der Waals surface area (Å²) in [6.07, 6.45) is 4.10. The van der Waals surface area contributed by atoms with E-state index in [1.807, 2.05) is 24.3 Å². The van der Waals surface area contributed by atoms with Gasteiger partial charge < -0.3 is 20.4 Å². The number of hydrogen-bond acceptors (Lipinski definition) is 3. The maximum absolute atomic E-state index is 12.0. The van der Waals surface area contributed by atoms with Gasteiger partial charge in [0.1, 0.15) is 0 Å².